The van der Waals surface area contributed by atoms with E-state index < -0.39 is 0 Å². The molecule has 0 fully saturated rings. The lowest BCUT2D eigenvalue weighted by molar-refractivity contribution is 0.643. The van der Waals surface area contributed by atoms with E-state index in [1.807, 2.05) is 11.5 Å². The lowest BCUT2D eigenvalue weighted by Gasteiger charge is -2.04. The van der Waals surface area contributed by atoms with Gasteiger partial charge in [0.05, 0.1) is 6.54 Å². The van der Waals surface area contributed by atoms with Gasteiger partial charge in [0.1, 0.15) is 5.82 Å². The Morgan fingerprint density at radius 3 is 2.93 bits per heavy atom. The monoisotopic (exact) mass is 210 g/mol. The molecule has 0 atom stereocenters. The van der Waals surface area contributed by atoms with Crippen LogP contribution in [0.3, 0.4) is 0 Å². The van der Waals surface area contributed by atoms with Crippen molar-refractivity contribution in [3.05, 3.63) is 5.82 Å². The summed E-state index contributed by atoms with van der Waals surface area (Å²) in [7, 11) is 0. The van der Waals surface area contributed by atoms with Gasteiger partial charge >= 0.3 is 0 Å². The average Bonchev–Trinajstić information content (AvgIpc) is 2.60. The Hall–Kier alpha value is -0.990. The second-order valence-corrected chi connectivity index (χ2v) is 3.71. The molecule has 0 saturated heterocycles. The van der Waals surface area contributed by atoms with Crippen molar-refractivity contribution in [2.75, 3.05) is 5.75 Å². The van der Waals surface area contributed by atoms with Gasteiger partial charge in [-0.1, -0.05) is 11.8 Å². The second kappa shape index (κ2) is 5.68. The highest BCUT2D eigenvalue weighted by Crippen LogP contribution is 2.17. The van der Waals surface area contributed by atoms with Crippen LogP contribution in [0, 0.1) is 12.3 Å². The molecule has 2 N–H and O–H groups in total. The van der Waals surface area contributed by atoms with Crippen molar-refractivity contribution < 1.29 is 0 Å². The van der Waals surface area contributed by atoms with Crippen molar-refractivity contribution in [2.24, 2.45) is 5.73 Å². The summed E-state index contributed by atoms with van der Waals surface area (Å²) in [4.78, 5) is 0. The maximum absolute atomic E-state index is 5.53. The minimum atomic E-state index is 0.427. The van der Waals surface area contributed by atoms with Gasteiger partial charge in [-0.3, -0.25) is 0 Å². The number of thioether (sulfide) groups is 1. The first-order valence-corrected chi connectivity index (χ1v) is 5.50. The Morgan fingerprint density at radius 2 is 2.36 bits per heavy atom. The molecule has 0 bridgehead atoms. The Labute approximate surface area is 88.3 Å². The van der Waals surface area contributed by atoms with Crippen LogP contribution in [0.2, 0.25) is 0 Å². The van der Waals surface area contributed by atoms with Crippen LogP contribution >= 0.6 is 11.8 Å². The summed E-state index contributed by atoms with van der Waals surface area (Å²) >= 11 is 1.62. The van der Waals surface area contributed by atoms with Gasteiger partial charge in [0.15, 0.2) is 5.16 Å². The number of aromatic nitrogens is 3. The molecule has 14 heavy (non-hydrogen) atoms. The lowest BCUT2D eigenvalue weighted by atomic mass is 10.5. The van der Waals surface area contributed by atoms with E-state index in [2.05, 4.69) is 16.1 Å². The predicted octanol–water partition coefficient (Wildman–Crippen LogP) is 0.872. The third-order valence-corrected chi connectivity index (χ3v) is 2.74. The van der Waals surface area contributed by atoms with Crippen molar-refractivity contribution in [2.45, 2.75) is 31.6 Å². The van der Waals surface area contributed by atoms with E-state index in [0.29, 0.717) is 6.54 Å². The summed E-state index contributed by atoms with van der Waals surface area (Å²) in [5.41, 5.74) is 5.53. The molecule has 0 saturated carbocycles. The summed E-state index contributed by atoms with van der Waals surface area (Å²) in [6.07, 6.45) is 5.92. The molecule has 5 heteroatoms. The number of terminal acetylenes is 1. The van der Waals surface area contributed by atoms with E-state index in [1.165, 1.54) is 0 Å². The molecule has 0 amide bonds. The van der Waals surface area contributed by atoms with Crippen LogP contribution in [-0.2, 0) is 13.1 Å². The molecule has 0 aliphatic carbocycles. The number of hydrogen-bond acceptors (Lipinski definition) is 4. The molecule has 0 aliphatic rings. The van der Waals surface area contributed by atoms with Gasteiger partial charge in [0.25, 0.3) is 0 Å². The number of nitrogens with zero attached hydrogens (tertiary/aromatic N) is 3. The molecule has 76 valence electrons. The zero-order valence-electron chi connectivity index (χ0n) is 8.23. The Morgan fingerprint density at radius 1 is 1.57 bits per heavy atom. The molecule has 0 unspecified atom stereocenters. The van der Waals surface area contributed by atoms with Crippen LogP contribution in [-0.4, -0.2) is 20.5 Å². The summed E-state index contributed by atoms with van der Waals surface area (Å²) in [5, 5.41) is 8.96. The molecule has 0 aliphatic heterocycles. The van der Waals surface area contributed by atoms with Crippen LogP contribution in [0.25, 0.3) is 0 Å². The van der Waals surface area contributed by atoms with Crippen LogP contribution in [0.15, 0.2) is 5.16 Å². The first-order valence-electron chi connectivity index (χ1n) is 4.51. The van der Waals surface area contributed by atoms with E-state index in [0.717, 1.165) is 29.7 Å². The van der Waals surface area contributed by atoms with Gasteiger partial charge in [0.2, 0.25) is 0 Å². The third kappa shape index (κ3) is 2.50. The highest BCUT2D eigenvalue weighted by molar-refractivity contribution is 7.99. The first-order chi connectivity index (χ1) is 6.83. The van der Waals surface area contributed by atoms with Gasteiger partial charge < -0.3 is 10.3 Å². The normalized spacial score (nSPS) is 10.1. The summed E-state index contributed by atoms with van der Waals surface area (Å²) in [6.45, 7) is 3.32. The minimum Gasteiger partial charge on any atom is -0.324 e. The maximum Gasteiger partial charge on any atom is 0.191 e. The van der Waals surface area contributed by atoms with Crippen molar-refractivity contribution in [3.63, 3.8) is 0 Å². The van der Waals surface area contributed by atoms with E-state index in [4.69, 9.17) is 12.2 Å². The van der Waals surface area contributed by atoms with E-state index >= 15 is 0 Å². The summed E-state index contributed by atoms with van der Waals surface area (Å²) in [6, 6.07) is 0. The molecule has 4 nitrogen and oxygen atoms in total. The van der Waals surface area contributed by atoms with Crippen molar-refractivity contribution >= 4 is 11.8 Å². The highest BCUT2D eigenvalue weighted by Gasteiger charge is 2.08. The molecule has 1 aromatic rings. The third-order valence-electron chi connectivity index (χ3n) is 1.77. The van der Waals surface area contributed by atoms with Crippen LogP contribution in [0.1, 0.15) is 19.2 Å². The largest absolute Gasteiger partial charge is 0.324 e. The molecule has 1 rings (SSSR count). The predicted molar refractivity (Wildman–Crippen MR) is 57.8 cm³/mol. The van der Waals surface area contributed by atoms with E-state index in [1.54, 1.807) is 11.8 Å². The maximum atomic E-state index is 5.53. The fourth-order valence-electron chi connectivity index (χ4n) is 1.10. The Kier molecular flexibility index (Phi) is 4.50. The fraction of sp³-hybridized carbons (Fsp3) is 0.556. The van der Waals surface area contributed by atoms with Crippen LogP contribution in [0.5, 0.6) is 0 Å². The molecule has 0 spiro atoms. The van der Waals surface area contributed by atoms with Crippen molar-refractivity contribution in [1.29, 1.82) is 0 Å². The quantitative estimate of drug-likeness (QED) is 0.445. The van der Waals surface area contributed by atoms with Gasteiger partial charge in [-0.15, -0.1) is 22.5 Å². The fourth-order valence-corrected chi connectivity index (χ4v) is 1.99. The molecule has 1 aromatic heterocycles. The van der Waals surface area contributed by atoms with Crippen LogP contribution in [0.4, 0.5) is 0 Å². The second-order valence-electron chi connectivity index (χ2n) is 2.65. The molecular weight excluding hydrogens is 196 g/mol. The van der Waals surface area contributed by atoms with Gasteiger partial charge in [-0.2, -0.15) is 0 Å². The van der Waals surface area contributed by atoms with Gasteiger partial charge in [0, 0.05) is 18.7 Å². The SMILES string of the molecule is C#CCCSc1nnc(CN)n1CC. The van der Waals surface area contributed by atoms with Gasteiger partial charge in [-0.05, 0) is 6.92 Å². The average molecular weight is 210 g/mol. The molecule has 0 radical (unpaired) electrons. The summed E-state index contributed by atoms with van der Waals surface area (Å²) < 4.78 is 2.02. The zero-order chi connectivity index (χ0) is 10.4. The Bertz CT molecular complexity index is 326. The molecule has 1 heterocycles. The van der Waals surface area contributed by atoms with E-state index in [-0.39, 0.29) is 0 Å². The Balaban J connectivity index is 2.67. The smallest absolute Gasteiger partial charge is 0.191 e. The molecular formula is C9H14N4S. The van der Waals surface area contributed by atoms with Gasteiger partial charge in [-0.25, -0.2) is 0 Å². The van der Waals surface area contributed by atoms with Crippen LogP contribution < -0.4 is 5.73 Å². The highest BCUT2D eigenvalue weighted by atomic mass is 32.2. The number of hydrogen-bond donors (Lipinski definition) is 1. The summed E-state index contributed by atoms with van der Waals surface area (Å²) in [5.74, 6) is 4.30. The first kappa shape index (κ1) is 11.1. The standard InChI is InChI=1S/C9H14N4S/c1-3-5-6-14-9-12-11-8(7-10)13(9)4-2/h1H,4-7,10H2,2H3. The van der Waals surface area contributed by atoms with E-state index in [9.17, 15) is 0 Å². The number of nitrogens with two attached hydrogens (primary N) is 1. The van der Waals surface area contributed by atoms with Crippen molar-refractivity contribution in [3.8, 4) is 12.3 Å². The zero-order valence-corrected chi connectivity index (χ0v) is 9.05. The minimum absolute atomic E-state index is 0.427. The molecule has 0 aromatic carbocycles. The lowest BCUT2D eigenvalue weighted by Crippen LogP contribution is -2.08. The topological polar surface area (TPSA) is 56.7 Å². The van der Waals surface area contributed by atoms with Crippen molar-refractivity contribution in [1.82, 2.24) is 14.8 Å². The number of rotatable bonds is 5.